The first-order chi connectivity index (χ1) is 67.4. The number of esters is 2. The molecule has 0 unspecified atom stereocenters. The number of ether oxygens (including phenoxy) is 4. The number of halogens is 3. The van der Waals surface area contributed by atoms with Gasteiger partial charge in [-0.15, -0.1) is 5.06 Å². The number of benzene rings is 2. The zero-order valence-electron chi connectivity index (χ0n) is 82.1. The van der Waals surface area contributed by atoms with Gasteiger partial charge in [-0.2, -0.15) is 0 Å². The number of ketones is 3. The lowest BCUT2D eigenvalue weighted by atomic mass is 9.86. The molecule has 0 saturated carbocycles. The SMILES string of the molecule is CC[C@@]1(O)C(=O)OCc2c1cc1n(c2=O)Cc2c-1nc1cc(F)c(C)cc1c2CCCCOCNC(=O)[C@H](C)CC(=O)[C@H](C)NC(=O)[C@H](C)CC(=O)CCCCCN1C(=O)C=CC1=O.CC[C@@]1(O)C(=O)OCc2c1cc1n(c2=O)Cc2c-1nc1cc(F)c(C)cc1c2CCCCOCNC(=O)[C@H](C)CC(=O)[C@H](C)NC(=O)[C@H](C)N.O=C(CCCCCN1C(=O)C=CC1=O)ON1C(=O)CCC1=O.[2H]N(C)CCF. The predicted octanol–water partition coefficient (Wildman–Crippen LogP) is 6.76. The topological polar surface area (TPSA) is 525 Å². The molecule has 141 heavy (non-hydrogen) atoms. The molecule has 7 aliphatic rings. The Labute approximate surface area is 812 Å². The second-order valence-corrected chi connectivity index (χ2v) is 36.1. The maximum Gasteiger partial charge on any atom is 0.343 e. The predicted molar refractivity (Wildman–Crippen MR) is 503 cm³/mol. The molecular weight excluding hydrogens is 1840 g/mol. The number of aryl methyl sites for hydroxylation is 4. The smallest absolute Gasteiger partial charge is 0.343 e. The van der Waals surface area contributed by atoms with Crippen molar-refractivity contribution in [2.45, 2.75) is 260 Å². The van der Waals surface area contributed by atoms with E-state index in [1.165, 1.54) is 57.3 Å². The monoisotopic (exact) mass is 1960 g/mol. The quantitative estimate of drug-likeness (QED) is 0.00845. The first-order valence-electron chi connectivity index (χ1n) is 47.9. The van der Waals surface area contributed by atoms with Gasteiger partial charge in [0.2, 0.25) is 23.6 Å². The molecule has 9 N–H and O–H groups in total. The minimum Gasteiger partial charge on any atom is -0.458 e. The minimum atomic E-state index is -1.98. The molecule has 0 radical (unpaired) electrons. The molecule has 7 aliphatic heterocycles. The Morgan fingerprint density at radius 3 is 1.33 bits per heavy atom. The summed E-state index contributed by atoms with van der Waals surface area (Å²) in [6, 6.07) is 7.15. The number of nitrogens with zero attached hydrogens (tertiary/aromatic N) is 7. The summed E-state index contributed by atoms with van der Waals surface area (Å²) >= 11 is 0. The van der Waals surface area contributed by atoms with Crippen molar-refractivity contribution >= 4 is 116 Å². The fourth-order valence-electron chi connectivity index (χ4n) is 17.1. The van der Waals surface area contributed by atoms with Gasteiger partial charge in [-0.25, -0.2) is 37.5 Å². The summed E-state index contributed by atoms with van der Waals surface area (Å²) in [7, 11) is 1.51. The van der Waals surface area contributed by atoms with Crippen molar-refractivity contribution in [3.05, 3.63) is 149 Å². The van der Waals surface area contributed by atoms with Crippen LogP contribution in [0.4, 0.5) is 13.2 Å². The van der Waals surface area contributed by atoms with Gasteiger partial charge in [0.1, 0.15) is 52.2 Å². The Kier molecular flexibility index (Phi) is 38.3. The van der Waals surface area contributed by atoms with Crippen LogP contribution in [0.15, 0.2) is 70.3 Å². The fraction of sp³-hybridized carbons (Fsp3) is 0.520. The number of imide groups is 3. The molecule has 1 saturated heterocycles. The number of hydroxylamine groups is 2. The van der Waals surface area contributed by atoms with Gasteiger partial charge in [-0.05, 0) is 165 Å². The molecule has 10 amide bonds. The van der Waals surface area contributed by atoms with Gasteiger partial charge in [0.25, 0.3) is 46.6 Å². The van der Waals surface area contributed by atoms with Gasteiger partial charge in [-0.1, -0.05) is 47.5 Å². The van der Waals surface area contributed by atoms with E-state index in [4.69, 9.17) is 40.9 Å². The Hall–Kier alpha value is -13.1. The second-order valence-electron chi connectivity index (χ2n) is 36.1. The highest BCUT2D eigenvalue weighted by molar-refractivity contribution is 6.13. The average molecular weight is 1970 g/mol. The highest BCUT2D eigenvalue weighted by Crippen LogP contribution is 2.44. The van der Waals surface area contributed by atoms with E-state index in [-0.39, 0.29) is 184 Å². The molecule has 6 aromatic rings. The zero-order valence-corrected chi connectivity index (χ0v) is 81.1. The van der Waals surface area contributed by atoms with Crippen molar-refractivity contribution in [3.8, 4) is 22.8 Å². The van der Waals surface area contributed by atoms with Crippen LogP contribution in [0, 0.1) is 43.2 Å². The van der Waals surface area contributed by atoms with Gasteiger partial charge in [-0.3, -0.25) is 81.7 Å². The maximum absolute atomic E-state index is 14.8. The molecule has 13 rings (SSSR count). The molecule has 8 atom stereocenters. The second kappa shape index (κ2) is 49.8. The maximum atomic E-state index is 14.8. The van der Waals surface area contributed by atoms with E-state index in [2.05, 4.69) is 21.3 Å². The summed E-state index contributed by atoms with van der Waals surface area (Å²) in [5.41, 5.74) is 8.76. The van der Waals surface area contributed by atoms with E-state index < -0.39 is 113 Å². The number of aromatic nitrogens is 4. The lowest BCUT2D eigenvalue weighted by Crippen LogP contribution is -2.46. The van der Waals surface area contributed by atoms with Crippen LogP contribution < -0.4 is 43.4 Å². The normalized spacial score (nSPS) is 17.7. The van der Waals surface area contributed by atoms with Gasteiger partial charge in [0, 0.05) is 165 Å². The van der Waals surface area contributed by atoms with Gasteiger partial charge >= 0.3 is 17.9 Å². The number of carbonyl (C=O) groups excluding carboxylic acids is 16. The summed E-state index contributed by atoms with van der Waals surface area (Å²) in [5, 5.41) is 36.1. The van der Waals surface area contributed by atoms with Crippen LogP contribution >= 0.6 is 0 Å². The highest BCUT2D eigenvalue weighted by atomic mass is 19.1. The van der Waals surface area contributed by atoms with Gasteiger partial charge < -0.3 is 75.4 Å². The number of carbonyl (C=O) groups is 16. The number of nitrogens with one attached hydrogen (secondary N) is 5. The van der Waals surface area contributed by atoms with Crippen LogP contribution in [-0.4, -0.2) is 217 Å². The summed E-state index contributed by atoms with van der Waals surface area (Å²) < 4.78 is 72.1. The molecule has 1 fully saturated rings. The van der Waals surface area contributed by atoms with E-state index in [0.29, 0.717) is 153 Å². The average Bonchev–Trinajstić information content (AvgIpc) is 1.57. The van der Waals surface area contributed by atoms with Crippen LogP contribution in [0.2, 0.25) is 1.41 Å². The largest absolute Gasteiger partial charge is 0.458 e. The number of aliphatic hydroxyl groups is 2. The summed E-state index contributed by atoms with van der Waals surface area (Å²) in [6.45, 7) is 16.9. The lowest BCUT2D eigenvalue weighted by molar-refractivity contribution is -0.197. The Balaban J connectivity index is 0.000000233. The van der Waals surface area contributed by atoms with E-state index in [0.717, 1.165) is 48.1 Å². The van der Waals surface area contributed by atoms with Crippen molar-refractivity contribution in [1.29, 1.82) is 0 Å². The summed E-state index contributed by atoms with van der Waals surface area (Å²) in [5.74, 6) is -9.76. The minimum absolute atomic E-state index is 0.00704. The summed E-state index contributed by atoms with van der Waals surface area (Å²) in [4.78, 5) is 237. The van der Waals surface area contributed by atoms with Gasteiger partial charge in [0.05, 0.1) is 76.2 Å². The third-order valence-electron chi connectivity index (χ3n) is 25.7. The van der Waals surface area contributed by atoms with E-state index in [1.807, 2.05) is 0 Å². The van der Waals surface area contributed by atoms with E-state index in [9.17, 15) is 110 Å². The molecule has 0 aliphatic carbocycles. The number of amides is 10. The van der Waals surface area contributed by atoms with E-state index in [1.54, 1.807) is 88.8 Å². The van der Waals surface area contributed by atoms with Crippen molar-refractivity contribution in [1.82, 2.24) is 60.5 Å². The number of pyridine rings is 4. The fourth-order valence-corrected chi connectivity index (χ4v) is 17.1. The third-order valence-corrected chi connectivity index (χ3v) is 25.7. The van der Waals surface area contributed by atoms with Crippen LogP contribution in [0.3, 0.4) is 0 Å². The highest BCUT2D eigenvalue weighted by Gasteiger charge is 2.48. The van der Waals surface area contributed by atoms with Crippen molar-refractivity contribution < 1.29 is 125 Å². The molecule has 0 spiro atoms. The lowest BCUT2D eigenvalue weighted by Gasteiger charge is -2.31. The molecular formula is C100H124F3N13O25. The number of hydrogen-bond donors (Lipinski definition) is 8. The number of Topliss-reactive ketones (excluding diaryl/α,β-unsaturated/α-hetero) is 3. The number of alkyl halides is 1. The number of fused-ring (bicyclic) bond motifs is 10. The zero-order chi connectivity index (χ0) is 104. The molecule has 38 nitrogen and oxygen atoms in total. The number of cyclic esters (lactones) is 2. The Morgan fingerprint density at radius 1 is 0.532 bits per heavy atom. The summed E-state index contributed by atoms with van der Waals surface area (Å²) in [6.07, 6.45) is 12.4. The van der Waals surface area contributed by atoms with Crippen molar-refractivity contribution in [3.63, 3.8) is 0 Å². The number of nitrogens with two attached hydrogens (primary N) is 1. The molecule has 11 heterocycles. The molecule has 2 aromatic carbocycles. The van der Waals surface area contributed by atoms with Crippen LogP contribution in [0.5, 0.6) is 0 Å². The first-order valence-corrected chi connectivity index (χ1v) is 47.5. The first kappa shape index (κ1) is 108. The number of unbranched alkanes of at least 4 members (excludes halogenated alkanes) is 6. The Morgan fingerprint density at radius 2 is 0.936 bits per heavy atom. The van der Waals surface area contributed by atoms with Crippen LogP contribution in [0.1, 0.15) is 233 Å². The molecule has 0 bridgehead atoms. The standard InChI is InChI=1S/C47H56FN5O11.C36H44FN5O8.C14H16N2O6.C3H8FN/c1-6-47(62)35-21-38-42-33(23-53(38)45(60)34(35)24-64-46(47)61)31(32-19-26(2)36(48)22-37(32)51-42)13-9-11-17-63-25-49-43(58)28(4)20-39(55)29(5)50-44(59)27(3)18-30(54)12-8-7-10-16-52-40(56)14-15-41(52)57;1-6-36(48)26-13-29-31-24(15-42(29)34(46)25(26)16-50-35(36)47)22(23-11-18(2)27(37)14-28(23)41-31)9-7-8-10-49-17-39-32(44)19(3)12-30(43)21(5)40-33(45)20(4)38;17-10-5-6-11(18)15(10)9-3-1-2-4-14(21)22-16-12(19)7-8-13(16)20;1-5-3-2-4/h14-15,19,21-22,27-29,62H,6-13,16-18,20,23-25H2,1-5H3,(H,49,58)(H,50,59);11,13-14,19-21,48H,6-10,12,15-17,38H2,1-5H3,(H,39,44)(H,40,45);5-6H,1-4,7-9H2;5H,2-3H2,1H3/t27-,28-,29+,47+;19-,20+,21+,36+;;/m11../s1/i/hD. The van der Waals surface area contributed by atoms with Crippen LogP contribution in [-0.2, 0) is 151 Å². The molecule has 4 aromatic heterocycles. The number of hydrogen-bond acceptors (Lipinski definition) is 29. The van der Waals surface area contributed by atoms with Crippen LogP contribution in [0.25, 0.3) is 44.6 Å². The van der Waals surface area contributed by atoms with E-state index >= 15 is 0 Å². The van der Waals surface area contributed by atoms with Crippen molar-refractivity contribution in [2.75, 3.05) is 60.0 Å². The van der Waals surface area contributed by atoms with Gasteiger partial charge in [0.15, 0.2) is 22.8 Å². The third kappa shape index (κ3) is 26.8. The Bertz CT molecular complexity index is 6050. The molecule has 760 valence electrons. The molecule has 41 heteroatoms. The number of rotatable bonds is 45. The van der Waals surface area contributed by atoms with Crippen molar-refractivity contribution in [2.24, 2.45) is 23.5 Å².